The van der Waals surface area contributed by atoms with E-state index < -0.39 is 0 Å². The molecular weight excluding hydrogens is 479 g/mol. The van der Waals surface area contributed by atoms with Gasteiger partial charge in [0, 0.05) is 37.9 Å². The topological polar surface area (TPSA) is 152 Å². The van der Waals surface area contributed by atoms with Crippen molar-refractivity contribution in [3.63, 3.8) is 0 Å². The molecule has 1 aliphatic heterocycles. The Morgan fingerprint density at radius 1 is 1.30 bits per heavy atom. The number of methoxy groups -OCH3 is 2. The highest BCUT2D eigenvalue weighted by Crippen LogP contribution is 2.34. The number of rotatable bonds is 9. The number of carbonyl (C=O) groups is 1. The Hall–Kier alpha value is -4.19. The van der Waals surface area contributed by atoms with Crippen LogP contribution in [0.5, 0.6) is 5.75 Å². The van der Waals surface area contributed by atoms with E-state index in [0.29, 0.717) is 54.7 Å². The number of carbonyl (C=O) groups excluding carboxylic acids is 1. The standard InChI is InChI=1S/C25H31FN8O3/c1-14(31-20(35)13-36-2)11-30-25-28-9-8-18(32-25)22-21(16-10-19(37-3)23(27)29-12-16)33-24(34-22)15-4-6-17(26)7-5-15/h4,6,8,10,12,14H,5,7,9,11,13H2,1-3H3,(H2,27,29)(H,31,35)(H,33,34)(H2,28,30,32)/t14-/m0/s1. The van der Waals surface area contributed by atoms with Crippen molar-refractivity contribution in [2.24, 2.45) is 4.99 Å². The molecule has 196 valence electrons. The van der Waals surface area contributed by atoms with Gasteiger partial charge in [-0.25, -0.2) is 19.4 Å². The van der Waals surface area contributed by atoms with E-state index in [4.69, 9.17) is 20.2 Å². The van der Waals surface area contributed by atoms with Crippen LogP contribution >= 0.6 is 0 Å². The van der Waals surface area contributed by atoms with Crippen LogP contribution in [0.1, 0.15) is 31.3 Å². The van der Waals surface area contributed by atoms with Crippen LogP contribution in [0.2, 0.25) is 0 Å². The molecule has 0 aromatic carbocycles. The second-order valence-corrected chi connectivity index (χ2v) is 8.64. The van der Waals surface area contributed by atoms with Gasteiger partial charge in [0.15, 0.2) is 17.5 Å². The predicted molar refractivity (Wildman–Crippen MR) is 140 cm³/mol. The van der Waals surface area contributed by atoms with Crippen LogP contribution in [-0.4, -0.2) is 66.8 Å². The van der Waals surface area contributed by atoms with E-state index in [2.05, 4.69) is 30.9 Å². The van der Waals surface area contributed by atoms with Gasteiger partial charge in [0.25, 0.3) is 0 Å². The maximum atomic E-state index is 13.6. The average Bonchev–Trinajstić information content (AvgIpc) is 3.34. The molecular formula is C25H31FN8O3. The molecule has 0 saturated heterocycles. The molecule has 2 aromatic rings. The Balaban J connectivity index is 1.58. The lowest BCUT2D eigenvalue weighted by molar-refractivity contribution is -0.125. The summed E-state index contributed by atoms with van der Waals surface area (Å²) in [5.41, 5.74) is 9.64. The first-order chi connectivity index (χ1) is 17.9. The Bertz CT molecular complexity index is 1280. The highest BCUT2D eigenvalue weighted by Gasteiger charge is 2.22. The fourth-order valence-electron chi connectivity index (χ4n) is 3.95. The average molecular weight is 511 g/mol. The Labute approximate surface area is 214 Å². The van der Waals surface area contributed by atoms with Crippen molar-refractivity contribution in [3.05, 3.63) is 47.8 Å². The summed E-state index contributed by atoms with van der Waals surface area (Å²) in [5.74, 6) is 1.57. The predicted octanol–water partition coefficient (Wildman–Crippen LogP) is 2.13. The largest absolute Gasteiger partial charge is 0.493 e. The monoisotopic (exact) mass is 510 g/mol. The number of hydrogen-bond acceptors (Lipinski definition) is 9. The van der Waals surface area contributed by atoms with Crippen LogP contribution in [-0.2, 0) is 9.53 Å². The van der Waals surface area contributed by atoms with E-state index in [1.165, 1.54) is 20.3 Å². The maximum absolute atomic E-state index is 13.6. The van der Waals surface area contributed by atoms with Gasteiger partial charge in [-0.3, -0.25) is 4.79 Å². The normalized spacial score (nSPS) is 16.0. The maximum Gasteiger partial charge on any atom is 0.246 e. The van der Waals surface area contributed by atoms with Crippen molar-refractivity contribution in [1.29, 1.82) is 0 Å². The van der Waals surface area contributed by atoms with Crippen molar-refractivity contribution in [1.82, 2.24) is 30.9 Å². The molecule has 1 aliphatic carbocycles. The number of guanidine groups is 1. The fraction of sp³-hybridized carbons (Fsp3) is 0.360. The minimum atomic E-state index is -0.190. The summed E-state index contributed by atoms with van der Waals surface area (Å²) in [4.78, 5) is 28.7. The zero-order valence-corrected chi connectivity index (χ0v) is 21.0. The third kappa shape index (κ3) is 6.33. The molecule has 0 spiro atoms. The molecule has 37 heavy (non-hydrogen) atoms. The minimum absolute atomic E-state index is 0.00496. The lowest BCUT2D eigenvalue weighted by atomic mass is 10.0. The van der Waals surface area contributed by atoms with Gasteiger partial charge >= 0.3 is 0 Å². The first-order valence-corrected chi connectivity index (χ1v) is 11.9. The van der Waals surface area contributed by atoms with Crippen LogP contribution in [0.25, 0.3) is 22.5 Å². The van der Waals surface area contributed by atoms with Gasteiger partial charge in [-0.1, -0.05) is 6.08 Å². The lowest BCUT2D eigenvalue weighted by Gasteiger charge is -2.21. The molecule has 12 heteroatoms. The number of nitrogens with two attached hydrogens (primary N) is 1. The number of ether oxygens (including phenoxy) is 2. The van der Waals surface area contributed by atoms with E-state index in [1.807, 2.05) is 13.0 Å². The van der Waals surface area contributed by atoms with Gasteiger partial charge in [0.05, 0.1) is 30.7 Å². The number of allylic oxidation sites excluding steroid dienone is 4. The summed E-state index contributed by atoms with van der Waals surface area (Å²) in [6.07, 6.45) is 7.64. The van der Waals surface area contributed by atoms with Gasteiger partial charge in [0.1, 0.15) is 18.3 Å². The summed E-state index contributed by atoms with van der Waals surface area (Å²) >= 11 is 0. The highest BCUT2D eigenvalue weighted by atomic mass is 19.1. The number of halogens is 1. The first-order valence-electron chi connectivity index (χ1n) is 11.9. The second kappa shape index (κ2) is 11.7. The van der Waals surface area contributed by atoms with Crippen molar-refractivity contribution in [2.75, 3.05) is 39.6 Å². The molecule has 2 aromatic heterocycles. The van der Waals surface area contributed by atoms with Gasteiger partial charge in [-0.15, -0.1) is 0 Å². The van der Waals surface area contributed by atoms with Crippen LogP contribution in [0.15, 0.2) is 41.3 Å². The summed E-state index contributed by atoms with van der Waals surface area (Å²) in [6, 6.07) is 1.64. The third-order valence-corrected chi connectivity index (χ3v) is 5.81. The molecule has 0 bridgehead atoms. The van der Waals surface area contributed by atoms with E-state index in [0.717, 1.165) is 17.0 Å². The number of amides is 1. The summed E-state index contributed by atoms with van der Waals surface area (Å²) in [5, 5.41) is 9.37. The minimum Gasteiger partial charge on any atom is -0.493 e. The Kier molecular flexibility index (Phi) is 8.18. The fourth-order valence-corrected chi connectivity index (χ4v) is 3.95. The van der Waals surface area contributed by atoms with Crippen molar-refractivity contribution in [2.45, 2.75) is 25.8 Å². The van der Waals surface area contributed by atoms with Crippen LogP contribution in [0.3, 0.4) is 0 Å². The number of nitrogen functional groups attached to an aromatic ring is 1. The molecule has 0 fully saturated rings. The Morgan fingerprint density at radius 2 is 2.14 bits per heavy atom. The van der Waals surface area contributed by atoms with Crippen molar-refractivity contribution >= 4 is 29.0 Å². The number of nitrogens with one attached hydrogen (secondary N) is 4. The molecule has 11 nitrogen and oxygen atoms in total. The van der Waals surface area contributed by atoms with Gasteiger partial charge in [-0.05, 0) is 37.1 Å². The number of aromatic amines is 1. The zero-order chi connectivity index (χ0) is 26.4. The molecule has 1 amide bonds. The number of hydrogen-bond donors (Lipinski definition) is 5. The van der Waals surface area contributed by atoms with Crippen molar-refractivity contribution in [3.8, 4) is 17.0 Å². The van der Waals surface area contributed by atoms with E-state index in [9.17, 15) is 9.18 Å². The van der Waals surface area contributed by atoms with Gasteiger partial charge < -0.3 is 36.1 Å². The quantitative estimate of drug-likeness (QED) is 0.344. The number of anilines is 1. The molecule has 0 unspecified atom stereocenters. The highest BCUT2D eigenvalue weighted by molar-refractivity contribution is 5.93. The SMILES string of the molecule is COCC(=O)N[C@@H](C)CNC1=NCC=C(c2[nH]c(C3=CC=C(F)CC3)nc2-c2cnc(N)c(OC)c2)N1. The number of imidazole rings is 1. The van der Waals surface area contributed by atoms with Crippen LogP contribution in [0, 0.1) is 0 Å². The van der Waals surface area contributed by atoms with Crippen LogP contribution in [0.4, 0.5) is 10.2 Å². The molecule has 6 N–H and O–H groups in total. The zero-order valence-electron chi connectivity index (χ0n) is 21.0. The number of pyridine rings is 1. The van der Waals surface area contributed by atoms with Crippen LogP contribution < -0.4 is 26.4 Å². The molecule has 2 aliphatic rings. The van der Waals surface area contributed by atoms with E-state index in [1.54, 1.807) is 18.3 Å². The van der Waals surface area contributed by atoms with Crippen molar-refractivity contribution < 1.29 is 18.7 Å². The molecule has 0 radical (unpaired) electrons. The molecule has 4 rings (SSSR count). The first kappa shape index (κ1) is 25.9. The Morgan fingerprint density at radius 3 is 2.86 bits per heavy atom. The number of aromatic nitrogens is 3. The second-order valence-electron chi connectivity index (χ2n) is 8.64. The molecule has 3 heterocycles. The number of H-pyrrole nitrogens is 1. The summed E-state index contributed by atoms with van der Waals surface area (Å²) in [7, 11) is 3.00. The number of aliphatic imine (C=N–C) groups is 1. The lowest BCUT2D eigenvalue weighted by Crippen LogP contribution is -2.46. The summed E-state index contributed by atoms with van der Waals surface area (Å²) in [6.45, 7) is 2.78. The van der Waals surface area contributed by atoms with Gasteiger partial charge in [-0.2, -0.15) is 0 Å². The number of nitrogens with zero attached hydrogens (tertiary/aromatic N) is 3. The van der Waals surface area contributed by atoms with E-state index in [-0.39, 0.29) is 30.2 Å². The molecule has 0 saturated carbocycles. The molecule has 1 atom stereocenters. The van der Waals surface area contributed by atoms with E-state index >= 15 is 0 Å². The van der Waals surface area contributed by atoms with Gasteiger partial charge in [0.2, 0.25) is 5.91 Å². The smallest absolute Gasteiger partial charge is 0.246 e. The summed E-state index contributed by atoms with van der Waals surface area (Å²) < 4.78 is 23.8. The third-order valence-electron chi connectivity index (χ3n) is 5.81.